The minimum absolute atomic E-state index is 0. The van der Waals surface area contributed by atoms with Gasteiger partial charge in [-0.15, -0.1) is 0 Å². The normalized spacial score (nSPS) is 13.3. The Hall–Kier alpha value is -1.73. The summed E-state index contributed by atoms with van der Waals surface area (Å²) in [6, 6.07) is 0. The van der Waals surface area contributed by atoms with Gasteiger partial charge in [-0.3, -0.25) is 9.59 Å². The Morgan fingerprint density at radius 3 is 1.48 bits per heavy atom. The predicted octanol–water partition coefficient (Wildman–Crippen LogP) is -5.21. The zero-order valence-electron chi connectivity index (χ0n) is 12.7. The molecular weight excluding hydrogens is 335 g/mol. The van der Waals surface area contributed by atoms with Crippen LogP contribution in [0.4, 0.5) is 0 Å². The topological polar surface area (TPSA) is 216 Å². The van der Waals surface area contributed by atoms with Gasteiger partial charge < -0.3 is 36.8 Å². The van der Waals surface area contributed by atoms with Crippen molar-refractivity contribution in [2.24, 2.45) is 0 Å². The van der Waals surface area contributed by atoms with E-state index in [-0.39, 0.29) is 31.0 Å². The number of aliphatic hydroxyl groups excluding tert-OH is 1. The van der Waals surface area contributed by atoms with E-state index in [2.05, 4.69) is 4.74 Å². The molecule has 0 aliphatic carbocycles. The molecule has 0 saturated heterocycles. The van der Waals surface area contributed by atoms with E-state index in [0.29, 0.717) is 0 Å². The van der Waals surface area contributed by atoms with Gasteiger partial charge in [0.1, 0.15) is 0 Å². The molecule has 0 fully saturated rings. The van der Waals surface area contributed by atoms with Gasteiger partial charge in [-0.1, -0.05) is 0 Å². The van der Waals surface area contributed by atoms with Gasteiger partial charge in [0.15, 0.2) is 17.8 Å². The summed E-state index contributed by atoms with van der Waals surface area (Å²) in [5, 5.41) is 52.8. The Bertz CT molecular complexity index is 490. The molecule has 0 aromatic rings. The quantitative estimate of drug-likeness (QED) is 0.204. The molecule has 0 heterocycles. The number of aliphatic carboxylic acids is 5. The summed E-state index contributed by atoms with van der Waals surface area (Å²) in [5.41, 5.74) is -3.07. The summed E-state index contributed by atoms with van der Waals surface area (Å²) in [5.74, 6) is -10.0. The maximum atomic E-state index is 11.2. The number of rotatable bonds is 10. The van der Waals surface area contributed by atoms with Crippen molar-refractivity contribution in [3.63, 3.8) is 0 Å². The van der Waals surface area contributed by atoms with Crippen LogP contribution in [0.2, 0.25) is 0 Å². The number of ether oxygens (including phenoxy) is 1. The third-order valence-electron chi connectivity index (χ3n) is 2.40. The largest absolute Gasteiger partial charge is 1.00 e. The summed E-state index contributed by atoms with van der Waals surface area (Å²) >= 11 is 0. The Kier molecular flexibility index (Phi) is 9.64. The zero-order chi connectivity index (χ0) is 17.7. The monoisotopic (exact) mass is 348 g/mol. The molecule has 2 atom stereocenters. The van der Waals surface area contributed by atoms with Crippen molar-refractivity contribution in [2.75, 3.05) is 0 Å². The van der Waals surface area contributed by atoms with Crippen LogP contribution in [0, 0.1) is 0 Å². The van der Waals surface area contributed by atoms with Crippen LogP contribution < -0.4 is 29.6 Å². The molecular formula is C10H13NaO12. The van der Waals surface area contributed by atoms with Crippen molar-refractivity contribution in [3.8, 4) is 0 Å². The van der Waals surface area contributed by atoms with E-state index < -0.39 is 60.5 Å². The molecule has 12 nitrogen and oxygen atoms in total. The fourth-order valence-corrected chi connectivity index (χ4v) is 1.46. The fourth-order valence-electron chi connectivity index (χ4n) is 1.46. The fraction of sp³-hybridized carbons (Fsp3) is 0.500. The molecule has 126 valence electrons. The first-order valence-corrected chi connectivity index (χ1v) is 5.41. The molecule has 0 aromatic carbocycles. The molecule has 0 radical (unpaired) electrons. The van der Waals surface area contributed by atoms with Crippen molar-refractivity contribution in [1.29, 1.82) is 0 Å². The molecule has 0 rings (SSSR count). The van der Waals surface area contributed by atoms with Gasteiger partial charge in [0.05, 0.1) is 12.8 Å². The third kappa shape index (κ3) is 6.92. The van der Waals surface area contributed by atoms with Gasteiger partial charge in [0, 0.05) is 0 Å². The number of carbonyl (C=O) groups is 5. The molecule has 6 N–H and O–H groups in total. The van der Waals surface area contributed by atoms with E-state index in [0.717, 1.165) is 0 Å². The minimum Gasteiger partial charge on any atom is -1.00 e. The Morgan fingerprint density at radius 1 is 0.870 bits per heavy atom. The molecule has 23 heavy (non-hydrogen) atoms. The SMILES string of the molecule is O=C(O)CC(CC(=O)O)(OC(C(=O)O)C(O)C(=O)O)C(=O)O.[H-].[Na+]. The van der Waals surface area contributed by atoms with Crippen molar-refractivity contribution in [1.82, 2.24) is 0 Å². The maximum Gasteiger partial charge on any atom is 1.00 e. The molecule has 0 aliphatic rings. The molecule has 0 spiro atoms. The number of carboxylic acids is 5. The second kappa shape index (κ2) is 9.42. The molecule has 0 bridgehead atoms. The second-order valence-electron chi connectivity index (χ2n) is 4.10. The molecule has 0 amide bonds. The molecule has 0 aromatic heterocycles. The molecule has 13 heteroatoms. The van der Waals surface area contributed by atoms with Crippen molar-refractivity contribution in [3.05, 3.63) is 0 Å². The first-order chi connectivity index (χ1) is 9.92. The van der Waals surface area contributed by atoms with Gasteiger partial charge in [-0.2, -0.15) is 0 Å². The van der Waals surface area contributed by atoms with E-state index >= 15 is 0 Å². The van der Waals surface area contributed by atoms with Crippen LogP contribution in [0.5, 0.6) is 0 Å². The second-order valence-corrected chi connectivity index (χ2v) is 4.10. The van der Waals surface area contributed by atoms with Crippen molar-refractivity contribution in [2.45, 2.75) is 30.7 Å². The van der Waals surface area contributed by atoms with Gasteiger partial charge in [-0.25, -0.2) is 14.4 Å². The summed E-state index contributed by atoms with van der Waals surface area (Å²) in [6.07, 6.45) is -8.36. The standard InChI is InChI=1S/C10H12O12.Na.H/c11-3(12)1-10(9(20)21,2-4(13)14)22-6(8(18)19)5(15)7(16)17;;/h5-6,15H,1-2H2,(H,11,12)(H,13,14)(H,16,17)(H,18,19)(H,20,21);;/q;+1;-1. The smallest absolute Gasteiger partial charge is 1.00 e. The number of hydrogen-bond acceptors (Lipinski definition) is 7. The van der Waals surface area contributed by atoms with Crippen LogP contribution in [-0.4, -0.2) is 78.3 Å². The minimum atomic E-state index is -3.07. The number of carboxylic acid groups (broad SMARTS) is 5. The Labute approximate surface area is 151 Å². The van der Waals surface area contributed by atoms with Crippen LogP contribution in [-0.2, 0) is 28.7 Å². The van der Waals surface area contributed by atoms with E-state index in [4.69, 9.17) is 25.5 Å². The molecule has 0 saturated carbocycles. The van der Waals surface area contributed by atoms with Crippen molar-refractivity contribution >= 4 is 29.8 Å². The third-order valence-corrected chi connectivity index (χ3v) is 2.40. The van der Waals surface area contributed by atoms with Crippen LogP contribution in [0.1, 0.15) is 14.3 Å². The summed E-state index contributed by atoms with van der Waals surface area (Å²) in [7, 11) is 0. The van der Waals surface area contributed by atoms with Gasteiger partial charge in [-0.05, 0) is 0 Å². The molecule has 2 unspecified atom stereocenters. The first kappa shape index (κ1) is 23.5. The van der Waals surface area contributed by atoms with E-state index in [1.54, 1.807) is 0 Å². The van der Waals surface area contributed by atoms with Crippen LogP contribution in [0.25, 0.3) is 0 Å². The van der Waals surface area contributed by atoms with Crippen LogP contribution >= 0.6 is 0 Å². The zero-order valence-corrected chi connectivity index (χ0v) is 13.7. The van der Waals surface area contributed by atoms with E-state index in [1.165, 1.54) is 0 Å². The Morgan fingerprint density at radius 2 is 1.26 bits per heavy atom. The van der Waals surface area contributed by atoms with Crippen LogP contribution in [0.3, 0.4) is 0 Å². The first-order valence-electron chi connectivity index (χ1n) is 5.41. The van der Waals surface area contributed by atoms with E-state index in [1.807, 2.05) is 0 Å². The van der Waals surface area contributed by atoms with Gasteiger partial charge in [0.2, 0.25) is 0 Å². The number of hydrogen-bond donors (Lipinski definition) is 6. The number of aliphatic hydroxyl groups is 1. The summed E-state index contributed by atoms with van der Waals surface area (Å²) in [6.45, 7) is 0. The maximum absolute atomic E-state index is 11.2. The summed E-state index contributed by atoms with van der Waals surface area (Å²) < 4.78 is 4.41. The predicted molar refractivity (Wildman–Crippen MR) is 62.1 cm³/mol. The van der Waals surface area contributed by atoms with E-state index in [9.17, 15) is 29.1 Å². The molecule has 0 aliphatic heterocycles. The van der Waals surface area contributed by atoms with Gasteiger partial charge >= 0.3 is 59.4 Å². The summed E-state index contributed by atoms with van der Waals surface area (Å²) in [4.78, 5) is 54.0. The average molecular weight is 348 g/mol. The van der Waals surface area contributed by atoms with Crippen molar-refractivity contribution < 1.29 is 90.3 Å². The van der Waals surface area contributed by atoms with Crippen LogP contribution in [0.15, 0.2) is 0 Å². The van der Waals surface area contributed by atoms with Gasteiger partial charge in [0.25, 0.3) is 0 Å². The average Bonchev–Trinajstić information content (AvgIpc) is 2.32. The Balaban J connectivity index is -0.00000220.